The van der Waals surface area contributed by atoms with Gasteiger partial charge in [-0.2, -0.15) is 0 Å². The third-order valence-corrected chi connectivity index (χ3v) is 12.5. The highest BCUT2D eigenvalue weighted by Gasteiger charge is 2.20. The molecule has 0 N–H and O–H groups in total. The topological polar surface area (TPSA) is 64.5 Å². The Morgan fingerprint density at radius 3 is 1.57 bits per heavy atom. The van der Waals surface area contributed by atoms with E-state index < -0.39 is 0 Å². The average molecular weight is 752 g/mol. The zero-order valence-electron chi connectivity index (χ0n) is 29.8. The molecule has 11 rings (SSSR count). The average Bonchev–Trinajstić information content (AvgIpc) is 3.85. The molecule has 0 atom stereocenters. The van der Waals surface area contributed by atoms with Gasteiger partial charge in [-0.25, -0.2) is 24.9 Å². The van der Waals surface area contributed by atoms with Crippen molar-refractivity contribution in [2.45, 2.75) is 0 Å². The maximum Gasteiger partial charge on any atom is 0.164 e. The van der Waals surface area contributed by atoms with Crippen LogP contribution in [0.15, 0.2) is 176 Å². The zero-order chi connectivity index (χ0) is 37.0. The Bertz CT molecular complexity index is 3230. The van der Waals surface area contributed by atoms with E-state index in [0.29, 0.717) is 17.5 Å². The smallest absolute Gasteiger partial charge is 0.164 e. The van der Waals surface area contributed by atoms with Gasteiger partial charge >= 0.3 is 0 Å². The molecule has 4 aromatic heterocycles. The molecule has 56 heavy (non-hydrogen) atoms. The molecular weight excluding hydrogens is 723 g/mol. The summed E-state index contributed by atoms with van der Waals surface area (Å²) < 4.78 is 4.64. The van der Waals surface area contributed by atoms with Gasteiger partial charge in [-0.05, 0) is 29.3 Å². The van der Waals surface area contributed by atoms with Crippen LogP contribution >= 0.6 is 22.7 Å². The van der Waals surface area contributed by atoms with E-state index in [4.69, 9.17) is 24.9 Å². The van der Waals surface area contributed by atoms with Gasteiger partial charge < -0.3 is 0 Å². The Labute approximate surface area is 330 Å². The molecule has 0 amide bonds. The highest BCUT2D eigenvalue weighted by molar-refractivity contribution is 7.26. The first-order valence-corrected chi connectivity index (χ1v) is 20.0. The number of nitrogens with zero attached hydrogens (tertiary/aromatic N) is 5. The summed E-state index contributed by atoms with van der Waals surface area (Å²) in [7, 11) is 0. The maximum atomic E-state index is 5.24. The predicted molar refractivity (Wildman–Crippen MR) is 234 cm³/mol. The fraction of sp³-hybridized carbons (Fsp3) is 0. The van der Waals surface area contributed by atoms with Crippen LogP contribution in [0.25, 0.3) is 108 Å². The van der Waals surface area contributed by atoms with Crippen LogP contribution in [0.4, 0.5) is 0 Å². The molecule has 7 aromatic carbocycles. The fourth-order valence-corrected chi connectivity index (χ4v) is 9.77. The lowest BCUT2D eigenvalue weighted by Crippen LogP contribution is -2.00. The lowest BCUT2D eigenvalue weighted by molar-refractivity contribution is 1.08. The monoisotopic (exact) mass is 751 g/mol. The van der Waals surface area contributed by atoms with E-state index in [9.17, 15) is 0 Å². The van der Waals surface area contributed by atoms with Crippen LogP contribution in [0, 0.1) is 0 Å². The van der Waals surface area contributed by atoms with Crippen molar-refractivity contribution in [3.63, 3.8) is 0 Å². The highest BCUT2D eigenvalue weighted by Crippen LogP contribution is 2.44. The van der Waals surface area contributed by atoms with E-state index in [2.05, 4.69) is 121 Å². The largest absolute Gasteiger partial charge is 0.226 e. The molecule has 0 fully saturated rings. The van der Waals surface area contributed by atoms with E-state index >= 15 is 0 Å². The zero-order valence-corrected chi connectivity index (χ0v) is 31.4. The molecular formula is C49H29N5S2. The van der Waals surface area contributed by atoms with Crippen LogP contribution in [0.1, 0.15) is 0 Å². The van der Waals surface area contributed by atoms with Crippen molar-refractivity contribution >= 4 is 63.1 Å². The van der Waals surface area contributed by atoms with Crippen LogP contribution in [0.5, 0.6) is 0 Å². The van der Waals surface area contributed by atoms with Crippen molar-refractivity contribution in [1.29, 1.82) is 0 Å². The number of aromatic nitrogens is 5. The number of benzene rings is 7. The Morgan fingerprint density at radius 1 is 0.321 bits per heavy atom. The summed E-state index contributed by atoms with van der Waals surface area (Å²) in [6.45, 7) is 0. The van der Waals surface area contributed by atoms with Crippen molar-refractivity contribution in [2.24, 2.45) is 0 Å². The molecule has 0 radical (unpaired) electrons. The minimum absolute atomic E-state index is 0.637. The van der Waals surface area contributed by atoms with E-state index in [0.717, 1.165) is 71.3 Å². The van der Waals surface area contributed by atoms with Gasteiger partial charge in [0.05, 0.1) is 15.9 Å². The molecule has 0 aliphatic heterocycles. The summed E-state index contributed by atoms with van der Waals surface area (Å²) in [5.41, 5.74) is 9.17. The molecule has 0 unspecified atom stereocenters. The lowest BCUT2D eigenvalue weighted by Gasteiger charge is -2.10. The molecule has 7 heteroatoms. The first-order chi connectivity index (χ1) is 27.7. The Kier molecular flexibility index (Phi) is 7.79. The van der Waals surface area contributed by atoms with E-state index in [1.807, 2.05) is 54.6 Å². The first-order valence-electron chi connectivity index (χ1n) is 18.4. The van der Waals surface area contributed by atoms with Gasteiger partial charge in [0.25, 0.3) is 0 Å². The van der Waals surface area contributed by atoms with Crippen molar-refractivity contribution in [3.8, 4) is 67.9 Å². The van der Waals surface area contributed by atoms with Gasteiger partial charge in [0.15, 0.2) is 23.3 Å². The van der Waals surface area contributed by atoms with Gasteiger partial charge in [0.1, 0.15) is 0 Å². The van der Waals surface area contributed by atoms with Crippen LogP contribution in [-0.2, 0) is 0 Å². The van der Waals surface area contributed by atoms with Crippen molar-refractivity contribution in [2.75, 3.05) is 0 Å². The van der Waals surface area contributed by atoms with Gasteiger partial charge in [-0.3, -0.25) is 0 Å². The summed E-state index contributed by atoms with van der Waals surface area (Å²) in [6, 6.07) is 60.9. The highest BCUT2D eigenvalue weighted by atomic mass is 32.1. The Morgan fingerprint density at radius 2 is 0.857 bits per heavy atom. The molecule has 0 aliphatic carbocycles. The number of rotatable bonds is 6. The van der Waals surface area contributed by atoms with Gasteiger partial charge in [0, 0.05) is 58.1 Å². The van der Waals surface area contributed by atoms with E-state index in [1.54, 1.807) is 22.7 Å². The SMILES string of the molecule is c1ccc(-c2ccc(-c3nc(-c4ccccc4)nc(-c4cccc5sc6cc(-c7nc(-c8ccccc8)nc8c7sc7ccccc78)ccc6c45)n3)cc2)cc1. The van der Waals surface area contributed by atoms with E-state index in [1.165, 1.54) is 19.7 Å². The van der Waals surface area contributed by atoms with Gasteiger partial charge in [-0.15, -0.1) is 22.7 Å². The van der Waals surface area contributed by atoms with Crippen LogP contribution in [0.2, 0.25) is 0 Å². The number of hydrogen-bond donors (Lipinski definition) is 0. The summed E-state index contributed by atoms with van der Waals surface area (Å²) in [6.07, 6.45) is 0. The summed E-state index contributed by atoms with van der Waals surface area (Å²) >= 11 is 3.53. The third-order valence-electron chi connectivity index (χ3n) is 10.2. The Hall–Kier alpha value is -6.93. The maximum absolute atomic E-state index is 5.24. The number of thiophene rings is 2. The second kappa shape index (κ2) is 13.4. The molecule has 0 spiro atoms. The van der Waals surface area contributed by atoms with Crippen molar-refractivity contribution in [1.82, 2.24) is 24.9 Å². The standard InChI is InChI=1S/C49H29N5S2/c1-4-13-30(14-5-1)31-23-25-34(26-24-31)48-52-47(33-17-8-3-9-18-33)53-49(54-48)38-20-12-22-40-42(38)36-28-27-35(29-41(36)55-40)43-45-44(37-19-10-11-21-39(37)56-45)51-46(50-43)32-15-6-2-7-16-32/h1-29H. The minimum atomic E-state index is 0.637. The third kappa shape index (κ3) is 5.64. The molecule has 11 aromatic rings. The van der Waals surface area contributed by atoms with Gasteiger partial charge in [-0.1, -0.05) is 158 Å². The normalized spacial score (nSPS) is 11.6. The molecule has 4 heterocycles. The van der Waals surface area contributed by atoms with Crippen molar-refractivity contribution in [3.05, 3.63) is 176 Å². The number of hydrogen-bond acceptors (Lipinski definition) is 7. The summed E-state index contributed by atoms with van der Waals surface area (Å²) in [5, 5.41) is 3.44. The van der Waals surface area contributed by atoms with Crippen LogP contribution in [0.3, 0.4) is 0 Å². The quantitative estimate of drug-likeness (QED) is 0.169. The minimum Gasteiger partial charge on any atom is -0.226 e. The molecule has 0 bridgehead atoms. The second-order valence-electron chi connectivity index (χ2n) is 13.6. The second-order valence-corrected chi connectivity index (χ2v) is 15.8. The van der Waals surface area contributed by atoms with Crippen molar-refractivity contribution < 1.29 is 0 Å². The van der Waals surface area contributed by atoms with Gasteiger partial charge in [0.2, 0.25) is 0 Å². The predicted octanol–water partition coefficient (Wildman–Crippen LogP) is 13.4. The lowest BCUT2D eigenvalue weighted by atomic mass is 10.0. The molecule has 0 aliphatic rings. The molecule has 0 saturated carbocycles. The molecule has 5 nitrogen and oxygen atoms in total. The van der Waals surface area contributed by atoms with E-state index in [-0.39, 0.29) is 0 Å². The molecule has 262 valence electrons. The summed E-state index contributed by atoms with van der Waals surface area (Å²) in [4.78, 5) is 25.7. The van der Waals surface area contributed by atoms with Crippen LogP contribution in [-0.4, -0.2) is 24.9 Å². The summed E-state index contributed by atoms with van der Waals surface area (Å²) in [5.74, 6) is 2.65. The fourth-order valence-electron chi connectivity index (χ4n) is 7.45. The number of fused-ring (bicyclic) bond motifs is 6. The van der Waals surface area contributed by atoms with Crippen LogP contribution < -0.4 is 0 Å². The first kappa shape index (κ1) is 32.5. The molecule has 0 saturated heterocycles. The Balaban J connectivity index is 1.07.